The van der Waals surface area contributed by atoms with Gasteiger partial charge in [0.05, 0.1) is 28.6 Å². The third kappa shape index (κ3) is 4.75. The number of hydrogen-bond donors (Lipinski definition) is 1. The molecule has 27 heavy (non-hydrogen) atoms. The largest absolute Gasteiger partial charge is 0.494 e. The van der Waals surface area contributed by atoms with E-state index < -0.39 is 5.97 Å². The minimum Gasteiger partial charge on any atom is -0.494 e. The number of hydrogen-bond acceptors (Lipinski definition) is 3. The smallest absolute Gasteiger partial charge is 0.307 e. The van der Waals surface area contributed by atoms with E-state index in [1.54, 1.807) is 6.07 Å². The summed E-state index contributed by atoms with van der Waals surface area (Å²) in [4.78, 5) is 13.8. The van der Waals surface area contributed by atoms with Gasteiger partial charge < -0.3 is 9.84 Å². The molecule has 4 nitrogen and oxygen atoms in total. The first kappa shape index (κ1) is 20.0. The monoisotopic (exact) mass is 407 g/mol. The van der Waals surface area contributed by atoms with Crippen LogP contribution in [0.4, 0.5) is 0 Å². The van der Waals surface area contributed by atoms with Crippen molar-refractivity contribution in [1.82, 2.24) is 4.90 Å². The van der Waals surface area contributed by atoms with E-state index >= 15 is 0 Å². The van der Waals surface area contributed by atoms with Crippen LogP contribution in [0.3, 0.4) is 0 Å². The van der Waals surface area contributed by atoms with Crippen LogP contribution in [-0.2, 0) is 4.79 Å². The van der Waals surface area contributed by atoms with Crippen LogP contribution in [0.15, 0.2) is 42.5 Å². The molecule has 1 heterocycles. The molecular formula is C21H23Cl2NO3. The Morgan fingerprint density at radius 3 is 2.70 bits per heavy atom. The molecule has 6 heteroatoms. The molecule has 144 valence electrons. The van der Waals surface area contributed by atoms with E-state index in [1.165, 1.54) is 0 Å². The van der Waals surface area contributed by atoms with Crippen molar-refractivity contribution in [3.05, 3.63) is 63.6 Å². The number of likely N-dealkylation sites (tertiary alicyclic amines) is 1. The summed E-state index contributed by atoms with van der Waals surface area (Å²) in [5.41, 5.74) is 2.04. The molecule has 0 aliphatic carbocycles. The minimum atomic E-state index is -0.740. The molecule has 1 saturated heterocycles. The first-order chi connectivity index (χ1) is 13.0. The summed E-state index contributed by atoms with van der Waals surface area (Å²) in [7, 11) is 0. The lowest BCUT2D eigenvalue weighted by atomic mass is 9.91. The van der Waals surface area contributed by atoms with Gasteiger partial charge in [-0.25, -0.2) is 0 Å². The van der Waals surface area contributed by atoms with Crippen molar-refractivity contribution in [3.8, 4) is 5.75 Å². The Morgan fingerprint density at radius 2 is 2.00 bits per heavy atom. The SMILES string of the molecule is CCOc1cccc(C(c2ccc(Cl)c(Cl)c2)N2CCCC(C(=O)O)C2)c1. The van der Waals surface area contributed by atoms with E-state index in [0.717, 1.165) is 29.8 Å². The Balaban J connectivity index is 2.02. The second-order valence-corrected chi connectivity index (χ2v) is 7.57. The van der Waals surface area contributed by atoms with E-state index in [0.29, 0.717) is 29.6 Å². The molecule has 1 fully saturated rings. The Hall–Kier alpha value is -1.75. The van der Waals surface area contributed by atoms with Gasteiger partial charge in [0.25, 0.3) is 0 Å². The zero-order valence-electron chi connectivity index (χ0n) is 15.2. The lowest BCUT2D eigenvalue weighted by Crippen LogP contribution is -2.41. The molecule has 1 aliphatic rings. The fourth-order valence-electron chi connectivity index (χ4n) is 3.68. The van der Waals surface area contributed by atoms with Crippen LogP contribution in [0.2, 0.25) is 10.0 Å². The summed E-state index contributed by atoms with van der Waals surface area (Å²) >= 11 is 12.4. The molecule has 0 amide bonds. The van der Waals surface area contributed by atoms with Gasteiger partial charge in [0.1, 0.15) is 5.75 Å². The molecule has 0 spiro atoms. The number of nitrogens with zero attached hydrogens (tertiary/aromatic N) is 1. The molecule has 1 aliphatic heterocycles. The third-order valence-electron chi connectivity index (χ3n) is 4.91. The third-order valence-corrected chi connectivity index (χ3v) is 5.65. The summed E-state index contributed by atoms with van der Waals surface area (Å²) in [6.07, 6.45) is 1.55. The van der Waals surface area contributed by atoms with Crippen molar-refractivity contribution >= 4 is 29.2 Å². The zero-order valence-corrected chi connectivity index (χ0v) is 16.7. The number of carbonyl (C=O) groups is 1. The van der Waals surface area contributed by atoms with Gasteiger partial charge in [0.15, 0.2) is 0 Å². The first-order valence-electron chi connectivity index (χ1n) is 9.14. The van der Waals surface area contributed by atoms with Gasteiger partial charge in [0, 0.05) is 6.54 Å². The molecule has 0 radical (unpaired) electrons. The van der Waals surface area contributed by atoms with Crippen LogP contribution in [0.25, 0.3) is 0 Å². The van der Waals surface area contributed by atoms with Gasteiger partial charge in [-0.15, -0.1) is 0 Å². The molecule has 0 bridgehead atoms. The fourth-order valence-corrected chi connectivity index (χ4v) is 3.99. The summed E-state index contributed by atoms with van der Waals surface area (Å²) in [6, 6.07) is 13.4. The zero-order chi connectivity index (χ0) is 19.4. The highest BCUT2D eigenvalue weighted by Crippen LogP contribution is 2.36. The normalized spacial score (nSPS) is 18.9. The van der Waals surface area contributed by atoms with Gasteiger partial charge >= 0.3 is 5.97 Å². The number of carboxylic acids is 1. The Kier molecular flexibility index (Phi) is 6.64. The van der Waals surface area contributed by atoms with Crippen LogP contribution in [0.1, 0.15) is 36.9 Å². The predicted molar refractivity (Wildman–Crippen MR) is 108 cm³/mol. The number of halogens is 2. The molecule has 2 atom stereocenters. The van der Waals surface area contributed by atoms with Crippen molar-refractivity contribution in [2.24, 2.45) is 5.92 Å². The van der Waals surface area contributed by atoms with Crippen molar-refractivity contribution in [2.45, 2.75) is 25.8 Å². The van der Waals surface area contributed by atoms with Gasteiger partial charge in [0.2, 0.25) is 0 Å². The molecule has 2 unspecified atom stereocenters. The van der Waals surface area contributed by atoms with Gasteiger partial charge in [-0.3, -0.25) is 9.69 Å². The minimum absolute atomic E-state index is 0.109. The Morgan fingerprint density at radius 1 is 1.22 bits per heavy atom. The number of benzene rings is 2. The quantitative estimate of drug-likeness (QED) is 0.707. The summed E-state index contributed by atoms with van der Waals surface area (Å²) in [6.45, 7) is 3.86. The first-order valence-corrected chi connectivity index (χ1v) is 9.89. The molecule has 1 N–H and O–H groups in total. The second-order valence-electron chi connectivity index (χ2n) is 6.75. The molecule has 2 aromatic rings. The Bertz CT molecular complexity index is 812. The summed E-state index contributed by atoms with van der Waals surface area (Å²) < 4.78 is 5.66. The maximum Gasteiger partial charge on any atom is 0.307 e. The molecular weight excluding hydrogens is 385 g/mol. The number of piperidine rings is 1. The van der Waals surface area contributed by atoms with E-state index in [-0.39, 0.29) is 12.0 Å². The number of carboxylic acid groups (broad SMARTS) is 1. The standard InChI is InChI=1S/C21H23Cl2NO3/c1-2-27-17-7-3-5-14(11-17)20(15-8-9-18(22)19(23)12-15)24-10-4-6-16(13-24)21(25)26/h3,5,7-9,11-12,16,20H,2,4,6,10,13H2,1H3,(H,25,26). The van der Waals surface area contributed by atoms with Crippen LogP contribution in [0.5, 0.6) is 5.75 Å². The molecule has 3 rings (SSSR count). The predicted octanol–water partition coefficient (Wildman–Crippen LogP) is 5.28. The van der Waals surface area contributed by atoms with Crippen molar-refractivity contribution in [2.75, 3.05) is 19.7 Å². The highest BCUT2D eigenvalue weighted by Gasteiger charge is 2.31. The van der Waals surface area contributed by atoms with Crippen LogP contribution in [0, 0.1) is 5.92 Å². The maximum absolute atomic E-state index is 11.5. The van der Waals surface area contributed by atoms with E-state index in [2.05, 4.69) is 4.90 Å². The highest BCUT2D eigenvalue weighted by atomic mass is 35.5. The molecule has 2 aromatic carbocycles. The van der Waals surface area contributed by atoms with Crippen molar-refractivity contribution < 1.29 is 14.6 Å². The van der Waals surface area contributed by atoms with E-state index in [1.807, 2.05) is 43.3 Å². The Labute approximate surface area is 169 Å². The van der Waals surface area contributed by atoms with Gasteiger partial charge in [-0.2, -0.15) is 0 Å². The molecule has 0 aromatic heterocycles. The van der Waals surface area contributed by atoms with E-state index in [4.69, 9.17) is 27.9 Å². The van der Waals surface area contributed by atoms with Crippen molar-refractivity contribution in [3.63, 3.8) is 0 Å². The molecule has 0 saturated carbocycles. The number of aliphatic carboxylic acids is 1. The average molecular weight is 408 g/mol. The summed E-state index contributed by atoms with van der Waals surface area (Å²) in [5, 5.41) is 10.5. The lowest BCUT2D eigenvalue weighted by Gasteiger charge is -2.37. The fraction of sp³-hybridized carbons (Fsp3) is 0.381. The summed E-state index contributed by atoms with van der Waals surface area (Å²) in [5.74, 6) is -0.304. The lowest BCUT2D eigenvalue weighted by molar-refractivity contribution is -0.143. The number of rotatable bonds is 6. The van der Waals surface area contributed by atoms with Crippen molar-refractivity contribution in [1.29, 1.82) is 0 Å². The highest BCUT2D eigenvalue weighted by molar-refractivity contribution is 6.42. The average Bonchev–Trinajstić information content (AvgIpc) is 2.66. The number of ether oxygens (including phenoxy) is 1. The maximum atomic E-state index is 11.5. The van der Waals surface area contributed by atoms with E-state index in [9.17, 15) is 9.90 Å². The second kappa shape index (κ2) is 8.96. The van der Waals surface area contributed by atoms with Gasteiger partial charge in [-0.1, -0.05) is 41.4 Å². The van der Waals surface area contributed by atoms with Crippen LogP contribution < -0.4 is 4.74 Å². The topological polar surface area (TPSA) is 49.8 Å². The van der Waals surface area contributed by atoms with Gasteiger partial charge in [-0.05, 0) is 61.7 Å². The van der Waals surface area contributed by atoms with Crippen LogP contribution in [-0.4, -0.2) is 35.7 Å². The van der Waals surface area contributed by atoms with Crippen LogP contribution >= 0.6 is 23.2 Å².